The van der Waals surface area contributed by atoms with Crippen LogP contribution in [0.2, 0.25) is 0 Å². The fourth-order valence-electron chi connectivity index (χ4n) is 3.03. The van der Waals surface area contributed by atoms with Gasteiger partial charge in [0.15, 0.2) is 0 Å². The summed E-state index contributed by atoms with van der Waals surface area (Å²) >= 11 is 0. The average molecular weight is 262 g/mol. The molecule has 1 fully saturated rings. The van der Waals surface area contributed by atoms with E-state index in [1.807, 2.05) is 6.20 Å². The Balaban J connectivity index is 2.08. The van der Waals surface area contributed by atoms with Gasteiger partial charge in [0.2, 0.25) is 5.95 Å². The standard InChI is InChI=1S/C15H26N4/c1-5-12-7-8-13(11(12)4)18-14-10(3)9-17-15(19-14)16-6-2/h9,11-13H,5-8H2,1-4H3,(H2,16,17,18,19). The van der Waals surface area contributed by atoms with Gasteiger partial charge in [-0.3, -0.25) is 0 Å². The average Bonchev–Trinajstić information content (AvgIpc) is 2.75. The molecule has 1 aliphatic rings. The van der Waals surface area contributed by atoms with Crippen LogP contribution in [-0.4, -0.2) is 22.6 Å². The molecule has 0 aliphatic heterocycles. The molecule has 0 saturated heterocycles. The summed E-state index contributed by atoms with van der Waals surface area (Å²) in [6.45, 7) is 9.62. The van der Waals surface area contributed by atoms with Crippen molar-refractivity contribution in [2.45, 2.75) is 53.0 Å². The first-order chi connectivity index (χ1) is 9.15. The van der Waals surface area contributed by atoms with Crippen LogP contribution >= 0.6 is 0 Å². The molecule has 1 aromatic heterocycles. The molecular weight excluding hydrogens is 236 g/mol. The first kappa shape index (κ1) is 14.1. The van der Waals surface area contributed by atoms with Crippen LogP contribution in [-0.2, 0) is 0 Å². The topological polar surface area (TPSA) is 49.8 Å². The molecule has 4 nitrogen and oxygen atoms in total. The van der Waals surface area contributed by atoms with E-state index in [9.17, 15) is 0 Å². The van der Waals surface area contributed by atoms with Crippen molar-refractivity contribution in [2.24, 2.45) is 11.8 Å². The smallest absolute Gasteiger partial charge is 0.224 e. The highest BCUT2D eigenvalue weighted by molar-refractivity contribution is 5.47. The molecule has 4 heteroatoms. The van der Waals surface area contributed by atoms with Crippen LogP contribution in [0.25, 0.3) is 0 Å². The largest absolute Gasteiger partial charge is 0.367 e. The Morgan fingerprint density at radius 3 is 2.74 bits per heavy atom. The maximum absolute atomic E-state index is 4.58. The van der Waals surface area contributed by atoms with Crippen molar-refractivity contribution in [2.75, 3.05) is 17.2 Å². The van der Waals surface area contributed by atoms with E-state index in [4.69, 9.17) is 0 Å². The van der Waals surface area contributed by atoms with Crippen LogP contribution in [0, 0.1) is 18.8 Å². The predicted octanol–water partition coefficient (Wildman–Crippen LogP) is 3.45. The van der Waals surface area contributed by atoms with Gasteiger partial charge < -0.3 is 10.6 Å². The number of aromatic nitrogens is 2. The van der Waals surface area contributed by atoms with E-state index < -0.39 is 0 Å². The number of nitrogens with one attached hydrogen (secondary N) is 2. The van der Waals surface area contributed by atoms with Crippen molar-refractivity contribution in [3.05, 3.63) is 11.8 Å². The van der Waals surface area contributed by atoms with E-state index >= 15 is 0 Å². The Morgan fingerprint density at radius 1 is 1.32 bits per heavy atom. The molecule has 0 aromatic carbocycles. The van der Waals surface area contributed by atoms with E-state index in [1.54, 1.807) is 0 Å². The van der Waals surface area contributed by atoms with Gasteiger partial charge in [0.1, 0.15) is 5.82 Å². The first-order valence-electron chi connectivity index (χ1n) is 7.49. The van der Waals surface area contributed by atoms with E-state index in [0.717, 1.165) is 29.8 Å². The summed E-state index contributed by atoms with van der Waals surface area (Å²) in [4.78, 5) is 8.87. The van der Waals surface area contributed by atoms with E-state index in [-0.39, 0.29) is 0 Å². The van der Waals surface area contributed by atoms with Crippen LogP contribution in [0.4, 0.5) is 11.8 Å². The SMILES string of the molecule is CCNc1ncc(C)c(NC2CCC(CC)C2C)n1. The normalized spacial score (nSPS) is 26.4. The van der Waals surface area contributed by atoms with Crippen LogP contribution in [0.1, 0.15) is 45.6 Å². The van der Waals surface area contributed by atoms with Gasteiger partial charge in [-0.25, -0.2) is 4.98 Å². The molecule has 1 heterocycles. The summed E-state index contributed by atoms with van der Waals surface area (Å²) in [5.74, 6) is 3.28. The molecule has 0 bridgehead atoms. The number of rotatable bonds is 5. The number of hydrogen-bond donors (Lipinski definition) is 2. The molecule has 3 unspecified atom stereocenters. The van der Waals surface area contributed by atoms with Crippen molar-refractivity contribution in [1.82, 2.24) is 9.97 Å². The second-order valence-corrected chi connectivity index (χ2v) is 5.61. The van der Waals surface area contributed by atoms with Gasteiger partial charge in [0, 0.05) is 24.3 Å². The molecule has 19 heavy (non-hydrogen) atoms. The Kier molecular flexibility index (Phi) is 4.61. The molecule has 3 atom stereocenters. The molecule has 1 aliphatic carbocycles. The van der Waals surface area contributed by atoms with Gasteiger partial charge in [-0.15, -0.1) is 0 Å². The second kappa shape index (κ2) is 6.22. The lowest BCUT2D eigenvalue weighted by Gasteiger charge is -2.22. The van der Waals surface area contributed by atoms with Gasteiger partial charge >= 0.3 is 0 Å². The molecule has 2 N–H and O–H groups in total. The lowest BCUT2D eigenvalue weighted by atomic mass is 9.93. The fourth-order valence-corrected chi connectivity index (χ4v) is 3.03. The van der Waals surface area contributed by atoms with Crippen LogP contribution in [0.5, 0.6) is 0 Å². The van der Waals surface area contributed by atoms with Gasteiger partial charge in [0.25, 0.3) is 0 Å². The Hall–Kier alpha value is -1.32. The van der Waals surface area contributed by atoms with Crippen molar-refractivity contribution in [3.8, 4) is 0 Å². The van der Waals surface area contributed by atoms with Crippen LogP contribution in [0.3, 0.4) is 0 Å². The zero-order valence-corrected chi connectivity index (χ0v) is 12.5. The molecule has 0 spiro atoms. The number of anilines is 2. The molecule has 0 amide bonds. The highest BCUT2D eigenvalue weighted by atomic mass is 15.1. The maximum atomic E-state index is 4.58. The Bertz CT molecular complexity index is 419. The van der Waals surface area contributed by atoms with Crippen molar-refractivity contribution in [3.63, 3.8) is 0 Å². The summed E-state index contributed by atoms with van der Waals surface area (Å²) in [5.41, 5.74) is 1.12. The Morgan fingerprint density at radius 2 is 2.11 bits per heavy atom. The first-order valence-corrected chi connectivity index (χ1v) is 7.49. The third-order valence-electron chi connectivity index (χ3n) is 4.38. The molecule has 2 rings (SSSR count). The second-order valence-electron chi connectivity index (χ2n) is 5.61. The monoisotopic (exact) mass is 262 g/mol. The third-order valence-corrected chi connectivity index (χ3v) is 4.38. The number of nitrogens with zero attached hydrogens (tertiary/aromatic N) is 2. The summed E-state index contributed by atoms with van der Waals surface area (Å²) in [7, 11) is 0. The number of hydrogen-bond acceptors (Lipinski definition) is 4. The summed E-state index contributed by atoms with van der Waals surface area (Å²) in [5, 5.41) is 6.80. The van der Waals surface area contributed by atoms with Crippen molar-refractivity contribution in [1.29, 1.82) is 0 Å². The van der Waals surface area contributed by atoms with Gasteiger partial charge in [-0.2, -0.15) is 4.98 Å². The quantitative estimate of drug-likeness (QED) is 0.853. The molecular formula is C15H26N4. The van der Waals surface area contributed by atoms with Gasteiger partial charge in [-0.1, -0.05) is 20.3 Å². The molecule has 1 saturated carbocycles. The zero-order valence-electron chi connectivity index (χ0n) is 12.5. The lowest BCUT2D eigenvalue weighted by molar-refractivity contribution is 0.391. The summed E-state index contributed by atoms with van der Waals surface area (Å²) in [6, 6.07) is 0.549. The van der Waals surface area contributed by atoms with E-state index in [2.05, 4.69) is 48.3 Å². The Labute approximate surface area is 116 Å². The predicted molar refractivity (Wildman–Crippen MR) is 80.5 cm³/mol. The van der Waals surface area contributed by atoms with Crippen molar-refractivity contribution < 1.29 is 0 Å². The summed E-state index contributed by atoms with van der Waals surface area (Å²) in [6.07, 6.45) is 5.76. The molecule has 1 aromatic rings. The van der Waals surface area contributed by atoms with Crippen LogP contribution < -0.4 is 10.6 Å². The maximum Gasteiger partial charge on any atom is 0.224 e. The molecule has 0 radical (unpaired) electrons. The van der Waals surface area contributed by atoms with Gasteiger partial charge in [0.05, 0.1) is 0 Å². The van der Waals surface area contributed by atoms with Crippen molar-refractivity contribution >= 4 is 11.8 Å². The minimum atomic E-state index is 0.549. The van der Waals surface area contributed by atoms with Crippen LogP contribution in [0.15, 0.2) is 6.20 Å². The highest BCUT2D eigenvalue weighted by Gasteiger charge is 2.31. The molecule has 106 valence electrons. The van der Waals surface area contributed by atoms with Gasteiger partial charge in [-0.05, 0) is 38.5 Å². The fraction of sp³-hybridized carbons (Fsp3) is 0.733. The van der Waals surface area contributed by atoms with E-state index in [1.165, 1.54) is 19.3 Å². The minimum Gasteiger partial charge on any atom is -0.367 e. The summed E-state index contributed by atoms with van der Waals surface area (Å²) < 4.78 is 0. The highest BCUT2D eigenvalue weighted by Crippen LogP contribution is 2.35. The lowest BCUT2D eigenvalue weighted by Crippen LogP contribution is -2.25. The number of aryl methyl sites for hydroxylation is 1. The van der Waals surface area contributed by atoms with E-state index in [0.29, 0.717) is 12.0 Å². The minimum absolute atomic E-state index is 0.549. The zero-order chi connectivity index (χ0) is 13.8. The third kappa shape index (κ3) is 3.17.